The third-order valence-electron chi connectivity index (χ3n) is 2.16. The smallest absolute Gasteiger partial charge is 0.235 e. The number of ether oxygens (including phenoxy) is 1. The van der Waals surface area contributed by atoms with Gasteiger partial charge in [-0.15, -0.1) is 10.2 Å². The number of aromatic nitrogens is 2. The Morgan fingerprint density at radius 2 is 2.24 bits per heavy atom. The fourth-order valence-electron chi connectivity index (χ4n) is 1.40. The molecule has 0 fully saturated rings. The van der Waals surface area contributed by atoms with Gasteiger partial charge in [0.05, 0.1) is 19.3 Å². The molecule has 5 nitrogen and oxygen atoms in total. The van der Waals surface area contributed by atoms with Crippen LogP contribution in [0.2, 0.25) is 0 Å². The minimum Gasteiger partial charge on any atom is -0.495 e. The summed E-state index contributed by atoms with van der Waals surface area (Å²) in [6.07, 6.45) is 0. The zero-order valence-corrected chi connectivity index (χ0v) is 11.1. The first kappa shape index (κ1) is 11.9. The Kier molecular flexibility index (Phi) is 3.63. The third kappa shape index (κ3) is 2.97. The molecule has 0 unspecified atom stereocenters. The maximum absolute atomic E-state index is 5.27. The number of rotatable bonds is 4. The first-order valence-corrected chi connectivity index (χ1v) is 5.84. The molecule has 0 aliphatic carbocycles. The Labute approximate surface area is 107 Å². The molecule has 90 valence electrons. The second-order valence-electron chi connectivity index (χ2n) is 3.41. The summed E-state index contributed by atoms with van der Waals surface area (Å²) >= 11 is 3.41. The molecule has 17 heavy (non-hydrogen) atoms. The van der Waals surface area contributed by atoms with E-state index in [1.807, 2.05) is 18.2 Å². The Morgan fingerprint density at radius 3 is 2.88 bits per heavy atom. The largest absolute Gasteiger partial charge is 0.495 e. The van der Waals surface area contributed by atoms with Gasteiger partial charge < -0.3 is 14.5 Å². The first-order chi connectivity index (χ1) is 8.19. The normalized spacial score (nSPS) is 10.3. The summed E-state index contributed by atoms with van der Waals surface area (Å²) in [4.78, 5) is 0. The molecule has 1 aromatic carbocycles. The molecule has 2 rings (SSSR count). The minimum atomic E-state index is 0.466. The number of aryl methyl sites for hydroxylation is 1. The van der Waals surface area contributed by atoms with Crippen LogP contribution in [0.3, 0.4) is 0 Å². The molecule has 0 radical (unpaired) electrons. The van der Waals surface area contributed by atoms with Crippen LogP contribution in [0.25, 0.3) is 0 Å². The molecule has 0 aliphatic rings. The van der Waals surface area contributed by atoms with Crippen molar-refractivity contribution in [3.63, 3.8) is 0 Å². The predicted molar refractivity (Wildman–Crippen MR) is 67.1 cm³/mol. The molecule has 6 heteroatoms. The van der Waals surface area contributed by atoms with Gasteiger partial charge in [-0.25, -0.2) is 0 Å². The van der Waals surface area contributed by atoms with Gasteiger partial charge in [0, 0.05) is 11.4 Å². The van der Waals surface area contributed by atoms with Gasteiger partial charge in [0.2, 0.25) is 11.8 Å². The number of anilines is 1. The highest BCUT2D eigenvalue weighted by atomic mass is 79.9. The van der Waals surface area contributed by atoms with Crippen LogP contribution in [0.5, 0.6) is 5.75 Å². The average molecular weight is 298 g/mol. The summed E-state index contributed by atoms with van der Waals surface area (Å²) in [6, 6.07) is 5.73. The SMILES string of the molecule is COc1ccc(Br)cc1NCc1nnc(C)o1. The van der Waals surface area contributed by atoms with Gasteiger partial charge in [-0.3, -0.25) is 0 Å². The molecular formula is C11H12BrN3O2. The van der Waals surface area contributed by atoms with E-state index in [1.165, 1.54) is 0 Å². The summed E-state index contributed by atoms with van der Waals surface area (Å²) in [7, 11) is 1.63. The van der Waals surface area contributed by atoms with Crippen LogP contribution in [-0.2, 0) is 6.54 Å². The predicted octanol–water partition coefficient (Wildman–Crippen LogP) is 2.76. The van der Waals surface area contributed by atoms with Gasteiger partial charge >= 0.3 is 0 Å². The van der Waals surface area contributed by atoms with Gasteiger partial charge in [0.25, 0.3) is 0 Å². The summed E-state index contributed by atoms with van der Waals surface area (Å²) in [5, 5.41) is 10.9. The molecule has 2 aromatic rings. The van der Waals surface area contributed by atoms with Gasteiger partial charge in [-0.1, -0.05) is 15.9 Å². The Balaban J connectivity index is 2.10. The van der Waals surface area contributed by atoms with E-state index in [-0.39, 0.29) is 0 Å². The van der Waals surface area contributed by atoms with Crippen LogP contribution in [-0.4, -0.2) is 17.3 Å². The molecule has 0 bridgehead atoms. The van der Waals surface area contributed by atoms with Crippen molar-refractivity contribution >= 4 is 21.6 Å². The van der Waals surface area contributed by atoms with Crippen molar-refractivity contribution in [2.75, 3.05) is 12.4 Å². The lowest BCUT2D eigenvalue weighted by Gasteiger charge is -2.09. The number of halogens is 1. The molecule has 1 heterocycles. The van der Waals surface area contributed by atoms with Crippen molar-refractivity contribution < 1.29 is 9.15 Å². The van der Waals surface area contributed by atoms with Gasteiger partial charge in [0.1, 0.15) is 5.75 Å². The van der Waals surface area contributed by atoms with E-state index in [4.69, 9.17) is 9.15 Å². The zero-order chi connectivity index (χ0) is 12.3. The molecule has 0 saturated carbocycles. The highest BCUT2D eigenvalue weighted by molar-refractivity contribution is 9.10. The van der Waals surface area contributed by atoms with E-state index in [9.17, 15) is 0 Å². The average Bonchev–Trinajstić information content (AvgIpc) is 2.73. The van der Waals surface area contributed by atoms with Crippen LogP contribution in [0.1, 0.15) is 11.8 Å². The highest BCUT2D eigenvalue weighted by Gasteiger charge is 2.06. The number of hydrogen-bond donors (Lipinski definition) is 1. The van der Waals surface area contributed by atoms with Crippen molar-refractivity contribution in [1.29, 1.82) is 0 Å². The van der Waals surface area contributed by atoms with E-state index < -0.39 is 0 Å². The van der Waals surface area contributed by atoms with Crippen molar-refractivity contribution in [2.45, 2.75) is 13.5 Å². The maximum atomic E-state index is 5.27. The molecular weight excluding hydrogens is 286 g/mol. The second kappa shape index (κ2) is 5.18. The molecule has 0 saturated heterocycles. The molecule has 0 amide bonds. The molecule has 0 spiro atoms. The van der Waals surface area contributed by atoms with Crippen molar-refractivity contribution in [1.82, 2.24) is 10.2 Å². The van der Waals surface area contributed by atoms with Crippen LogP contribution in [0.15, 0.2) is 27.1 Å². The lowest BCUT2D eigenvalue weighted by molar-refractivity contribution is 0.416. The van der Waals surface area contributed by atoms with Gasteiger partial charge in [-0.2, -0.15) is 0 Å². The van der Waals surface area contributed by atoms with Gasteiger partial charge in [-0.05, 0) is 18.2 Å². The number of nitrogens with zero attached hydrogens (tertiary/aromatic N) is 2. The fraction of sp³-hybridized carbons (Fsp3) is 0.273. The van der Waals surface area contributed by atoms with Crippen LogP contribution < -0.4 is 10.1 Å². The van der Waals surface area contributed by atoms with E-state index in [0.29, 0.717) is 18.3 Å². The summed E-state index contributed by atoms with van der Waals surface area (Å²) in [6.45, 7) is 2.23. The highest BCUT2D eigenvalue weighted by Crippen LogP contribution is 2.28. The number of methoxy groups -OCH3 is 1. The Morgan fingerprint density at radius 1 is 1.41 bits per heavy atom. The minimum absolute atomic E-state index is 0.466. The van der Waals surface area contributed by atoms with E-state index in [2.05, 4.69) is 31.4 Å². The summed E-state index contributed by atoms with van der Waals surface area (Å²) in [5.41, 5.74) is 0.873. The number of hydrogen-bond acceptors (Lipinski definition) is 5. The number of benzene rings is 1. The van der Waals surface area contributed by atoms with E-state index in [1.54, 1.807) is 14.0 Å². The first-order valence-electron chi connectivity index (χ1n) is 5.05. The van der Waals surface area contributed by atoms with Crippen LogP contribution in [0, 0.1) is 6.92 Å². The van der Waals surface area contributed by atoms with E-state index >= 15 is 0 Å². The Bertz CT molecular complexity index is 513. The second-order valence-corrected chi connectivity index (χ2v) is 4.33. The van der Waals surface area contributed by atoms with Crippen LogP contribution in [0.4, 0.5) is 5.69 Å². The quantitative estimate of drug-likeness (QED) is 0.940. The molecule has 0 atom stereocenters. The topological polar surface area (TPSA) is 60.2 Å². The lowest BCUT2D eigenvalue weighted by Crippen LogP contribution is -2.01. The lowest BCUT2D eigenvalue weighted by atomic mass is 10.3. The molecule has 1 N–H and O–H groups in total. The van der Waals surface area contributed by atoms with Gasteiger partial charge in [0.15, 0.2) is 0 Å². The Hall–Kier alpha value is -1.56. The van der Waals surface area contributed by atoms with Crippen LogP contribution >= 0.6 is 15.9 Å². The standard InChI is InChI=1S/C11H12BrN3O2/c1-7-14-15-11(17-7)6-13-9-5-8(12)3-4-10(9)16-2/h3-5,13H,6H2,1-2H3. The third-order valence-corrected chi connectivity index (χ3v) is 2.65. The molecule has 1 aromatic heterocycles. The van der Waals surface area contributed by atoms with E-state index in [0.717, 1.165) is 15.9 Å². The summed E-state index contributed by atoms with van der Waals surface area (Å²) in [5.74, 6) is 1.87. The van der Waals surface area contributed by atoms with Crippen molar-refractivity contribution in [3.8, 4) is 5.75 Å². The fourth-order valence-corrected chi connectivity index (χ4v) is 1.76. The van der Waals surface area contributed by atoms with Crippen molar-refractivity contribution in [2.24, 2.45) is 0 Å². The van der Waals surface area contributed by atoms with Crippen molar-refractivity contribution in [3.05, 3.63) is 34.5 Å². The monoisotopic (exact) mass is 297 g/mol. The zero-order valence-electron chi connectivity index (χ0n) is 9.53. The maximum Gasteiger partial charge on any atom is 0.235 e. The number of nitrogens with one attached hydrogen (secondary N) is 1. The molecule has 0 aliphatic heterocycles. The summed E-state index contributed by atoms with van der Waals surface area (Å²) < 4.78 is 11.5.